The van der Waals surface area contributed by atoms with Gasteiger partial charge in [-0.15, -0.1) is 0 Å². The zero-order chi connectivity index (χ0) is 16.2. The molecule has 0 atom stereocenters. The van der Waals surface area contributed by atoms with E-state index in [1.807, 2.05) is 25.3 Å². The Balaban J connectivity index is 1.73. The average Bonchev–Trinajstić information content (AvgIpc) is 3.24. The van der Waals surface area contributed by atoms with E-state index < -0.39 is 0 Å². The summed E-state index contributed by atoms with van der Waals surface area (Å²) in [4.78, 5) is 16.1. The summed E-state index contributed by atoms with van der Waals surface area (Å²) in [5.41, 5.74) is 3.48. The molecule has 23 heavy (non-hydrogen) atoms. The Labute approximate surface area is 136 Å². The highest BCUT2D eigenvalue weighted by Gasteiger charge is 2.15. The van der Waals surface area contributed by atoms with E-state index in [1.54, 1.807) is 6.07 Å². The molecule has 0 N–H and O–H groups in total. The van der Waals surface area contributed by atoms with Crippen LogP contribution in [0.15, 0.2) is 41.7 Å². The lowest BCUT2D eigenvalue weighted by atomic mass is 10.1. The Morgan fingerprint density at radius 2 is 2.09 bits per heavy atom. The fourth-order valence-corrected chi connectivity index (χ4v) is 3.13. The molecule has 2 aromatic rings. The zero-order valence-electron chi connectivity index (χ0n) is 13.7. The molecule has 0 amide bonds. The summed E-state index contributed by atoms with van der Waals surface area (Å²) >= 11 is 0. The highest BCUT2D eigenvalue weighted by atomic mass is 16.5. The normalized spacial score (nSPS) is 15.4. The van der Waals surface area contributed by atoms with Crippen LogP contribution in [0.25, 0.3) is 0 Å². The summed E-state index contributed by atoms with van der Waals surface area (Å²) in [6.45, 7) is 1.95. The number of rotatable bonds is 4. The molecule has 1 aliphatic carbocycles. The maximum Gasteiger partial charge on any atom is 0.337 e. The summed E-state index contributed by atoms with van der Waals surface area (Å²) in [6.07, 6.45) is 11.4. The molecule has 3 rings (SSSR count). The molecule has 120 valence electrons. The minimum atomic E-state index is -0.322. The van der Waals surface area contributed by atoms with E-state index >= 15 is 0 Å². The van der Waals surface area contributed by atoms with Crippen LogP contribution in [0.3, 0.4) is 0 Å². The lowest BCUT2D eigenvalue weighted by molar-refractivity contribution is 0.0600. The Kier molecular flexibility index (Phi) is 4.60. The maximum absolute atomic E-state index is 11.5. The summed E-state index contributed by atoms with van der Waals surface area (Å²) < 4.78 is 7.04. The number of methoxy groups -OCH3 is 1. The smallest absolute Gasteiger partial charge is 0.337 e. The summed E-state index contributed by atoms with van der Waals surface area (Å²) in [6, 6.07) is 8.15. The molecule has 0 aliphatic heterocycles. The molecule has 1 saturated carbocycles. The second-order valence-corrected chi connectivity index (χ2v) is 6.08. The van der Waals surface area contributed by atoms with Gasteiger partial charge >= 0.3 is 5.97 Å². The van der Waals surface area contributed by atoms with Crippen molar-refractivity contribution in [1.29, 1.82) is 0 Å². The van der Waals surface area contributed by atoms with Gasteiger partial charge in [-0.05, 0) is 49.6 Å². The van der Waals surface area contributed by atoms with Gasteiger partial charge in [-0.2, -0.15) is 0 Å². The Morgan fingerprint density at radius 1 is 1.30 bits per heavy atom. The number of carbonyl (C=O) groups is 1. The number of benzene rings is 1. The topological polar surface area (TPSA) is 43.6 Å². The van der Waals surface area contributed by atoms with Gasteiger partial charge in [0, 0.05) is 30.2 Å². The molecular formula is C19H22N2O2. The van der Waals surface area contributed by atoms with Crippen molar-refractivity contribution >= 4 is 17.9 Å². The standard InChI is InChI=1S/C19H22N2O2/c1-14-11-16(19(22)23-2)7-8-18(14)20-12-15-9-10-21(13-15)17-5-3-4-6-17/h7-13,17H,3-6H2,1-2H3. The largest absolute Gasteiger partial charge is 0.465 e. The Hall–Kier alpha value is -2.36. The average molecular weight is 310 g/mol. The Bertz CT molecular complexity index is 725. The van der Waals surface area contributed by atoms with E-state index in [1.165, 1.54) is 32.8 Å². The third-order valence-corrected chi connectivity index (χ3v) is 4.45. The monoisotopic (exact) mass is 310 g/mol. The molecule has 0 radical (unpaired) electrons. The minimum absolute atomic E-state index is 0.322. The van der Waals surface area contributed by atoms with Crippen LogP contribution in [-0.2, 0) is 4.74 Å². The SMILES string of the molecule is COC(=O)c1ccc(N=Cc2ccn(C3CCCC3)c2)c(C)c1. The van der Waals surface area contributed by atoms with Gasteiger partial charge in [0.2, 0.25) is 0 Å². The van der Waals surface area contributed by atoms with E-state index in [9.17, 15) is 4.79 Å². The molecule has 4 heteroatoms. The molecule has 1 aromatic heterocycles. The van der Waals surface area contributed by atoms with Crippen LogP contribution in [0, 0.1) is 6.92 Å². The van der Waals surface area contributed by atoms with Crippen molar-refractivity contribution < 1.29 is 9.53 Å². The molecule has 0 unspecified atom stereocenters. The maximum atomic E-state index is 11.5. The van der Waals surface area contributed by atoms with E-state index in [2.05, 4.69) is 28.0 Å². The predicted molar refractivity (Wildman–Crippen MR) is 91.7 cm³/mol. The van der Waals surface area contributed by atoms with Crippen molar-refractivity contribution in [2.45, 2.75) is 38.6 Å². The molecule has 1 aliphatic rings. The van der Waals surface area contributed by atoms with Crippen molar-refractivity contribution in [3.63, 3.8) is 0 Å². The molecule has 4 nitrogen and oxygen atoms in total. The second-order valence-electron chi connectivity index (χ2n) is 6.08. The van der Waals surface area contributed by atoms with Gasteiger partial charge in [-0.1, -0.05) is 12.8 Å². The van der Waals surface area contributed by atoms with E-state index in [0.717, 1.165) is 16.8 Å². The molecule has 1 heterocycles. The quantitative estimate of drug-likeness (QED) is 0.618. The van der Waals surface area contributed by atoms with Gasteiger partial charge in [-0.25, -0.2) is 4.79 Å². The van der Waals surface area contributed by atoms with Crippen LogP contribution >= 0.6 is 0 Å². The third-order valence-electron chi connectivity index (χ3n) is 4.45. The first-order valence-corrected chi connectivity index (χ1v) is 8.08. The van der Waals surface area contributed by atoms with Gasteiger partial charge in [-0.3, -0.25) is 4.99 Å². The van der Waals surface area contributed by atoms with Gasteiger partial charge < -0.3 is 9.30 Å². The van der Waals surface area contributed by atoms with Crippen LogP contribution in [-0.4, -0.2) is 23.9 Å². The van der Waals surface area contributed by atoms with E-state index in [0.29, 0.717) is 11.6 Å². The van der Waals surface area contributed by atoms with Crippen LogP contribution in [0.1, 0.15) is 53.2 Å². The number of hydrogen-bond donors (Lipinski definition) is 0. The van der Waals surface area contributed by atoms with Crippen LogP contribution in [0.4, 0.5) is 5.69 Å². The van der Waals surface area contributed by atoms with Gasteiger partial charge in [0.15, 0.2) is 0 Å². The highest BCUT2D eigenvalue weighted by Crippen LogP contribution is 2.29. The van der Waals surface area contributed by atoms with E-state index in [-0.39, 0.29) is 5.97 Å². The first-order valence-electron chi connectivity index (χ1n) is 8.08. The number of carbonyl (C=O) groups excluding carboxylic acids is 1. The molecule has 0 spiro atoms. The predicted octanol–water partition coefficient (Wildman–Crippen LogP) is 4.45. The number of aryl methyl sites for hydroxylation is 1. The summed E-state index contributed by atoms with van der Waals surface area (Å²) in [5.74, 6) is -0.322. The first-order chi connectivity index (χ1) is 11.2. The van der Waals surface area contributed by atoms with Gasteiger partial charge in [0.25, 0.3) is 0 Å². The number of esters is 1. The Morgan fingerprint density at radius 3 is 2.78 bits per heavy atom. The lowest BCUT2D eigenvalue weighted by Gasteiger charge is -2.10. The highest BCUT2D eigenvalue weighted by molar-refractivity contribution is 5.90. The van der Waals surface area contributed by atoms with Crippen LogP contribution in [0.2, 0.25) is 0 Å². The fraction of sp³-hybridized carbons (Fsp3) is 0.368. The van der Waals surface area contributed by atoms with Gasteiger partial charge in [0.1, 0.15) is 0 Å². The number of ether oxygens (including phenoxy) is 1. The van der Waals surface area contributed by atoms with Crippen molar-refractivity contribution in [2.24, 2.45) is 4.99 Å². The van der Waals surface area contributed by atoms with Crippen molar-refractivity contribution in [1.82, 2.24) is 4.57 Å². The summed E-state index contributed by atoms with van der Waals surface area (Å²) in [7, 11) is 1.39. The third kappa shape index (κ3) is 3.52. The number of aliphatic imine (C=N–C) groups is 1. The van der Waals surface area contributed by atoms with Crippen molar-refractivity contribution in [3.8, 4) is 0 Å². The van der Waals surface area contributed by atoms with Crippen LogP contribution < -0.4 is 0 Å². The number of aromatic nitrogens is 1. The first kappa shape index (κ1) is 15.5. The zero-order valence-corrected chi connectivity index (χ0v) is 13.7. The number of nitrogens with zero attached hydrogens (tertiary/aromatic N) is 2. The van der Waals surface area contributed by atoms with Crippen molar-refractivity contribution in [3.05, 3.63) is 53.3 Å². The minimum Gasteiger partial charge on any atom is -0.465 e. The van der Waals surface area contributed by atoms with Gasteiger partial charge in [0.05, 0.1) is 18.4 Å². The summed E-state index contributed by atoms with van der Waals surface area (Å²) in [5, 5.41) is 0. The molecule has 0 bridgehead atoms. The van der Waals surface area contributed by atoms with Crippen LogP contribution in [0.5, 0.6) is 0 Å². The molecule has 1 fully saturated rings. The molecular weight excluding hydrogens is 288 g/mol. The lowest BCUT2D eigenvalue weighted by Crippen LogP contribution is -2.01. The van der Waals surface area contributed by atoms with E-state index in [4.69, 9.17) is 4.74 Å². The fourth-order valence-electron chi connectivity index (χ4n) is 3.13. The molecule has 1 aromatic carbocycles. The number of hydrogen-bond acceptors (Lipinski definition) is 3. The second kappa shape index (κ2) is 6.82. The van der Waals surface area contributed by atoms with Crippen molar-refractivity contribution in [2.75, 3.05) is 7.11 Å². The molecule has 0 saturated heterocycles.